The van der Waals surface area contributed by atoms with Gasteiger partial charge in [-0.3, -0.25) is 4.79 Å². The first-order valence-electron chi connectivity index (χ1n) is 5.90. The molecule has 102 valence electrons. The van der Waals surface area contributed by atoms with Gasteiger partial charge in [-0.15, -0.1) is 0 Å². The van der Waals surface area contributed by atoms with Crippen LogP contribution in [-0.2, 0) is 4.79 Å². The molecule has 0 aliphatic carbocycles. The maximum Gasteiger partial charge on any atom is 0.240 e. The molecule has 1 atom stereocenters. The lowest BCUT2D eigenvalue weighted by atomic mass is 10.1. The summed E-state index contributed by atoms with van der Waals surface area (Å²) in [4.78, 5) is 16.1. The summed E-state index contributed by atoms with van der Waals surface area (Å²) in [5.74, 6) is 0.949. The van der Waals surface area contributed by atoms with Crippen LogP contribution in [0, 0.1) is 5.92 Å². The van der Waals surface area contributed by atoms with Gasteiger partial charge in [0, 0.05) is 0 Å². The van der Waals surface area contributed by atoms with Gasteiger partial charge >= 0.3 is 0 Å². The van der Waals surface area contributed by atoms with Crippen LogP contribution < -0.4 is 10.1 Å². The van der Waals surface area contributed by atoms with Crippen LogP contribution in [0.4, 0.5) is 5.13 Å². The van der Waals surface area contributed by atoms with Crippen LogP contribution in [0.15, 0.2) is 18.2 Å². The van der Waals surface area contributed by atoms with Gasteiger partial charge < -0.3 is 10.1 Å². The van der Waals surface area contributed by atoms with E-state index in [1.165, 1.54) is 11.3 Å². The second-order valence-corrected chi connectivity index (χ2v) is 6.50. The Morgan fingerprint density at radius 1 is 1.47 bits per heavy atom. The van der Waals surface area contributed by atoms with Crippen LogP contribution in [0.5, 0.6) is 5.75 Å². The molecule has 2 aromatic rings. The minimum atomic E-state index is -0.214. The lowest BCUT2D eigenvalue weighted by Crippen LogP contribution is -2.26. The highest BCUT2D eigenvalue weighted by atomic mass is 79.9. The van der Waals surface area contributed by atoms with Crippen LogP contribution >= 0.6 is 27.3 Å². The highest BCUT2D eigenvalue weighted by Crippen LogP contribution is 2.29. The number of nitrogens with one attached hydrogen (secondary N) is 1. The zero-order valence-electron chi connectivity index (χ0n) is 10.9. The minimum absolute atomic E-state index is 0.0685. The summed E-state index contributed by atoms with van der Waals surface area (Å²) in [5.41, 5.74) is 0.858. The number of alkyl halides is 1. The van der Waals surface area contributed by atoms with Gasteiger partial charge in [0.25, 0.3) is 0 Å². The summed E-state index contributed by atoms with van der Waals surface area (Å²) >= 11 is 4.82. The van der Waals surface area contributed by atoms with E-state index in [1.807, 2.05) is 32.0 Å². The molecule has 0 aliphatic rings. The molecule has 0 radical (unpaired) electrons. The normalized spacial score (nSPS) is 12.7. The molecule has 0 aliphatic heterocycles. The molecule has 6 heteroatoms. The molecule has 0 fully saturated rings. The Kier molecular flexibility index (Phi) is 4.42. The molecule has 4 nitrogen and oxygen atoms in total. The summed E-state index contributed by atoms with van der Waals surface area (Å²) in [7, 11) is 1.63. The fourth-order valence-electron chi connectivity index (χ4n) is 1.56. The SMILES string of the molecule is COc1ccc2nc(NC(=O)[C@H](Br)C(C)C)sc2c1. The summed E-state index contributed by atoms with van der Waals surface area (Å²) in [6.07, 6.45) is 0. The number of ether oxygens (including phenoxy) is 1. The monoisotopic (exact) mass is 342 g/mol. The molecule has 1 N–H and O–H groups in total. The first kappa shape index (κ1) is 14.3. The van der Waals surface area contributed by atoms with E-state index in [-0.39, 0.29) is 16.7 Å². The van der Waals surface area contributed by atoms with E-state index in [0.717, 1.165) is 16.0 Å². The van der Waals surface area contributed by atoms with Crippen LogP contribution in [0.3, 0.4) is 0 Å². The fraction of sp³-hybridized carbons (Fsp3) is 0.385. The predicted molar refractivity (Wildman–Crippen MR) is 82.4 cm³/mol. The lowest BCUT2D eigenvalue weighted by molar-refractivity contribution is -0.116. The number of benzene rings is 1. The molecular weight excluding hydrogens is 328 g/mol. The molecule has 0 saturated carbocycles. The Bertz CT molecular complexity index is 597. The predicted octanol–water partition coefficient (Wildman–Crippen LogP) is 3.66. The summed E-state index contributed by atoms with van der Waals surface area (Å²) < 4.78 is 6.16. The molecule has 0 unspecified atom stereocenters. The topological polar surface area (TPSA) is 51.2 Å². The number of methoxy groups -OCH3 is 1. The van der Waals surface area contributed by atoms with Crippen LogP contribution in [-0.4, -0.2) is 22.8 Å². The molecule has 0 saturated heterocycles. The Labute approximate surface area is 124 Å². The highest BCUT2D eigenvalue weighted by molar-refractivity contribution is 9.10. The summed E-state index contributed by atoms with van der Waals surface area (Å²) in [6, 6.07) is 5.65. The minimum Gasteiger partial charge on any atom is -0.497 e. The fourth-order valence-corrected chi connectivity index (χ4v) is 2.57. The van der Waals surface area contributed by atoms with Crippen molar-refractivity contribution in [2.45, 2.75) is 18.7 Å². The van der Waals surface area contributed by atoms with E-state index in [0.29, 0.717) is 5.13 Å². The Balaban J connectivity index is 2.20. The number of carbonyl (C=O) groups is 1. The maximum atomic E-state index is 11.9. The maximum absolute atomic E-state index is 11.9. The number of fused-ring (bicyclic) bond motifs is 1. The Morgan fingerprint density at radius 2 is 2.21 bits per heavy atom. The van der Waals surface area contributed by atoms with Gasteiger partial charge in [-0.1, -0.05) is 41.1 Å². The zero-order chi connectivity index (χ0) is 14.0. The molecule has 1 amide bonds. The van der Waals surface area contributed by atoms with Gasteiger partial charge in [0.15, 0.2) is 5.13 Å². The molecule has 19 heavy (non-hydrogen) atoms. The standard InChI is InChI=1S/C13H15BrN2O2S/c1-7(2)11(14)12(17)16-13-15-9-5-4-8(18-3)6-10(9)19-13/h4-7,11H,1-3H3,(H,15,16,17)/t11-/m1/s1. The number of amides is 1. The first-order valence-corrected chi connectivity index (χ1v) is 7.64. The van der Waals surface area contributed by atoms with Crippen molar-refractivity contribution in [3.05, 3.63) is 18.2 Å². The van der Waals surface area contributed by atoms with Crippen molar-refractivity contribution in [2.75, 3.05) is 12.4 Å². The van der Waals surface area contributed by atoms with Crippen molar-refractivity contribution in [2.24, 2.45) is 5.92 Å². The van der Waals surface area contributed by atoms with Gasteiger partial charge in [0.2, 0.25) is 5.91 Å². The number of rotatable bonds is 4. The number of thiazole rings is 1. The number of carbonyl (C=O) groups excluding carboxylic acids is 1. The van der Waals surface area contributed by atoms with E-state index >= 15 is 0 Å². The molecule has 1 heterocycles. The van der Waals surface area contributed by atoms with Crippen molar-refractivity contribution >= 4 is 48.5 Å². The smallest absolute Gasteiger partial charge is 0.240 e. The van der Waals surface area contributed by atoms with Gasteiger partial charge in [-0.2, -0.15) is 0 Å². The third-order valence-corrected chi connectivity index (χ3v) is 5.07. The largest absolute Gasteiger partial charge is 0.497 e. The molecule has 1 aromatic heterocycles. The number of nitrogens with zero attached hydrogens (tertiary/aromatic N) is 1. The van der Waals surface area contributed by atoms with Gasteiger partial charge in [0.1, 0.15) is 5.75 Å². The van der Waals surface area contributed by atoms with Crippen molar-refractivity contribution in [3.8, 4) is 5.75 Å². The number of aromatic nitrogens is 1. The zero-order valence-corrected chi connectivity index (χ0v) is 13.3. The molecule has 0 spiro atoms. The van der Waals surface area contributed by atoms with Crippen LogP contribution in [0.1, 0.15) is 13.8 Å². The van der Waals surface area contributed by atoms with E-state index in [4.69, 9.17) is 4.74 Å². The lowest BCUT2D eigenvalue weighted by Gasteiger charge is -2.11. The number of halogens is 1. The highest BCUT2D eigenvalue weighted by Gasteiger charge is 2.19. The van der Waals surface area contributed by atoms with Crippen molar-refractivity contribution in [1.82, 2.24) is 4.98 Å². The molecule has 2 rings (SSSR count). The molecule has 0 bridgehead atoms. The number of hydrogen-bond acceptors (Lipinski definition) is 4. The second-order valence-electron chi connectivity index (χ2n) is 4.49. The Morgan fingerprint density at radius 3 is 2.84 bits per heavy atom. The second kappa shape index (κ2) is 5.88. The number of anilines is 1. The quantitative estimate of drug-likeness (QED) is 0.862. The average Bonchev–Trinajstić information content (AvgIpc) is 2.78. The third-order valence-electron chi connectivity index (χ3n) is 2.66. The van der Waals surface area contributed by atoms with E-state index in [1.54, 1.807) is 7.11 Å². The molecular formula is C13H15BrN2O2S. The summed E-state index contributed by atoms with van der Waals surface area (Å²) in [5, 5.41) is 3.44. The van der Waals surface area contributed by atoms with Crippen LogP contribution in [0.25, 0.3) is 10.2 Å². The average molecular weight is 343 g/mol. The summed E-state index contributed by atoms with van der Waals surface area (Å²) in [6.45, 7) is 3.98. The van der Waals surface area contributed by atoms with Gasteiger partial charge in [0.05, 0.1) is 22.2 Å². The van der Waals surface area contributed by atoms with E-state index in [9.17, 15) is 4.79 Å². The Hall–Kier alpha value is -1.14. The third kappa shape index (κ3) is 3.25. The van der Waals surface area contributed by atoms with Crippen molar-refractivity contribution in [1.29, 1.82) is 0 Å². The van der Waals surface area contributed by atoms with E-state index < -0.39 is 0 Å². The van der Waals surface area contributed by atoms with Gasteiger partial charge in [-0.25, -0.2) is 4.98 Å². The van der Waals surface area contributed by atoms with Gasteiger partial charge in [-0.05, 0) is 24.1 Å². The molecule has 1 aromatic carbocycles. The first-order chi connectivity index (χ1) is 9.01. The van der Waals surface area contributed by atoms with Crippen LogP contribution in [0.2, 0.25) is 0 Å². The number of hydrogen-bond donors (Lipinski definition) is 1. The van der Waals surface area contributed by atoms with Crippen molar-refractivity contribution < 1.29 is 9.53 Å². The van der Waals surface area contributed by atoms with E-state index in [2.05, 4.69) is 26.2 Å². The van der Waals surface area contributed by atoms with Crippen molar-refractivity contribution in [3.63, 3.8) is 0 Å².